The highest BCUT2D eigenvalue weighted by atomic mass is 35.5. The minimum atomic E-state index is -0.0241. The quantitative estimate of drug-likeness (QED) is 0.254. The van der Waals surface area contributed by atoms with E-state index in [0.717, 1.165) is 38.4 Å². The van der Waals surface area contributed by atoms with Gasteiger partial charge in [-0.2, -0.15) is 0 Å². The highest BCUT2D eigenvalue weighted by Crippen LogP contribution is 2.47. The Bertz CT molecular complexity index is 1540. The second kappa shape index (κ2) is 6.40. The molecule has 30 heavy (non-hydrogen) atoms. The third-order valence-corrected chi connectivity index (χ3v) is 6.28. The van der Waals surface area contributed by atoms with E-state index in [0.29, 0.717) is 26.9 Å². The lowest BCUT2D eigenvalue weighted by molar-refractivity contribution is 0.104. The van der Waals surface area contributed by atoms with Crippen molar-refractivity contribution < 1.29 is 4.79 Å². The molecule has 2 nitrogen and oxygen atoms in total. The first-order valence-electron chi connectivity index (χ1n) is 9.58. The van der Waals surface area contributed by atoms with Crippen LogP contribution in [0.15, 0.2) is 78.9 Å². The molecule has 0 bridgehead atoms. The van der Waals surface area contributed by atoms with Gasteiger partial charge < -0.3 is 0 Å². The molecule has 0 fully saturated rings. The lowest BCUT2D eigenvalue weighted by Crippen LogP contribution is -2.01. The minimum Gasteiger partial charge on any atom is -0.288 e. The maximum Gasteiger partial charge on any atom is 0.196 e. The highest BCUT2D eigenvalue weighted by molar-refractivity contribution is 6.38. The average molecular weight is 426 g/mol. The van der Waals surface area contributed by atoms with Crippen LogP contribution in [0.4, 0.5) is 0 Å². The zero-order chi connectivity index (χ0) is 20.4. The summed E-state index contributed by atoms with van der Waals surface area (Å²) in [6.07, 6.45) is 0. The first kappa shape index (κ1) is 17.6. The summed E-state index contributed by atoms with van der Waals surface area (Å²) in [5.41, 5.74) is 5.27. The summed E-state index contributed by atoms with van der Waals surface area (Å²) in [5, 5.41) is 4.11. The van der Waals surface area contributed by atoms with E-state index in [-0.39, 0.29) is 5.78 Å². The largest absolute Gasteiger partial charge is 0.288 e. The van der Waals surface area contributed by atoms with Crippen molar-refractivity contribution in [3.8, 4) is 22.4 Å². The predicted molar refractivity (Wildman–Crippen MR) is 124 cm³/mol. The molecule has 4 heteroatoms. The van der Waals surface area contributed by atoms with Crippen LogP contribution in [0.1, 0.15) is 15.9 Å². The van der Waals surface area contributed by atoms with Crippen molar-refractivity contribution in [2.75, 3.05) is 0 Å². The SMILES string of the molecule is O=C1c2ccccc2-c2nc3ccc4ccccc4c3c(-c3ccc(Cl)cc3Cl)c21. The molecule has 0 spiro atoms. The molecule has 5 aromatic rings. The molecule has 1 heterocycles. The fraction of sp³-hybridized carbons (Fsp3) is 0. The van der Waals surface area contributed by atoms with Gasteiger partial charge in [0.1, 0.15) is 0 Å². The summed E-state index contributed by atoms with van der Waals surface area (Å²) in [7, 11) is 0. The number of pyridine rings is 1. The third kappa shape index (κ3) is 2.38. The van der Waals surface area contributed by atoms with Gasteiger partial charge in [-0.15, -0.1) is 0 Å². The van der Waals surface area contributed by atoms with Crippen molar-refractivity contribution in [1.29, 1.82) is 0 Å². The maximum atomic E-state index is 13.5. The van der Waals surface area contributed by atoms with Gasteiger partial charge in [-0.05, 0) is 29.0 Å². The standard InChI is InChI=1S/C26H13Cl2NO/c27-15-10-11-19(20(28)13-15)23-22-16-6-2-1-5-14(16)9-12-21(22)29-25-17-7-3-4-8-18(17)26(30)24(23)25/h1-13H. The number of aromatic nitrogens is 1. The van der Waals surface area contributed by atoms with Gasteiger partial charge in [0.15, 0.2) is 5.78 Å². The van der Waals surface area contributed by atoms with Crippen molar-refractivity contribution in [1.82, 2.24) is 4.98 Å². The molecule has 142 valence electrons. The molecule has 6 rings (SSSR count). The highest BCUT2D eigenvalue weighted by Gasteiger charge is 2.33. The summed E-state index contributed by atoms with van der Waals surface area (Å²) in [6.45, 7) is 0. The molecule has 1 aromatic heterocycles. The normalized spacial score (nSPS) is 12.4. The molecule has 0 atom stereocenters. The van der Waals surface area contributed by atoms with E-state index < -0.39 is 0 Å². The van der Waals surface area contributed by atoms with Crippen LogP contribution in [0.3, 0.4) is 0 Å². The van der Waals surface area contributed by atoms with E-state index in [1.54, 1.807) is 12.1 Å². The maximum absolute atomic E-state index is 13.5. The molecule has 0 aliphatic heterocycles. The molecule has 0 saturated carbocycles. The van der Waals surface area contributed by atoms with Crippen LogP contribution in [0.2, 0.25) is 10.0 Å². The van der Waals surface area contributed by atoms with Gasteiger partial charge in [-0.1, -0.05) is 83.9 Å². The molecule has 0 radical (unpaired) electrons. The Morgan fingerprint density at radius 3 is 2.30 bits per heavy atom. The zero-order valence-corrected chi connectivity index (χ0v) is 17.1. The van der Waals surface area contributed by atoms with Crippen molar-refractivity contribution in [2.45, 2.75) is 0 Å². The second-order valence-corrected chi connectivity index (χ2v) is 8.23. The zero-order valence-electron chi connectivity index (χ0n) is 15.6. The Morgan fingerprint density at radius 2 is 1.47 bits per heavy atom. The number of carbonyl (C=O) groups is 1. The lowest BCUT2D eigenvalue weighted by Gasteiger charge is -2.15. The summed E-state index contributed by atoms with van der Waals surface area (Å²) >= 11 is 12.8. The van der Waals surface area contributed by atoms with E-state index in [2.05, 4.69) is 18.2 Å². The summed E-state index contributed by atoms with van der Waals surface area (Å²) < 4.78 is 0. The predicted octanol–water partition coefficient (Wildman–Crippen LogP) is 7.57. The number of benzene rings is 4. The molecule has 0 unspecified atom stereocenters. The Labute approximate surface area is 182 Å². The summed E-state index contributed by atoms with van der Waals surface area (Å²) in [5.74, 6) is -0.0241. The number of nitrogens with zero attached hydrogens (tertiary/aromatic N) is 1. The molecular formula is C26H13Cl2NO. The van der Waals surface area contributed by atoms with Gasteiger partial charge in [0.2, 0.25) is 0 Å². The first-order chi connectivity index (χ1) is 14.6. The molecule has 0 saturated heterocycles. The van der Waals surface area contributed by atoms with Gasteiger partial charge in [0, 0.05) is 37.7 Å². The molecule has 0 N–H and O–H groups in total. The van der Waals surface area contributed by atoms with Crippen LogP contribution < -0.4 is 0 Å². The third-order valence-electron chi connectivity index (χ3n) is 5.73. The van der Waals surface area contributed by atoms with Gasteiger partial charge in [-0.3, -0.25) is 4.79 Å². The number of halogens is 2. The fourth-order valence-corrected chi connectivity index (χ4v) is 4.94. The molecule has 1 aliphatic carbocycles. The van der Waals surface area contributed by atoms with E-state index in [4.69, 9.17) is 28.2 Å². The van der Waals surface area contributed by atoms with Crippen LogP contribution >= 0.6 is 23.2 Å². The summed E-state index contributed by atoms with van der Waals surface area (Å²) in [4.78, 5) is 18.5. The Morgan fingerprint density at radius 1 is 0.700 bits per heavy atom. The number of hydrogen-bond donors (Lipinski definition) is 0. The van der Waals surface area contributed by atoms with Crippen LogP contribution in [0.25, 0.3) is 44.1 Å². The molecule has 1 aliphatic rings. The van der Waals surface area contributed by atoms with E-state index in [1.807, 2.05) is 48.5 Å². The Kier molecular flexibility index (Phi) is 3.76. The smallest absolute Gasteiger partial charge is 0.196 e. The van der Waals surface area contributed by atoms with E-state index in [9.17, 15) is 4.79 Å². The van der Waals surface area contributed by atoms with Crippen molar-refractivity contribution in [3.05, 3.63) is 100 Å². The Hall–Kier alpha value is -3.20. The average Bonchev–Trinajstić information content (AvgIpc) is 3.05. The van der Waals surface area contributed by atoms with Crippen molar-refractivity contribution >= 4 is 50.7 Å². The topological polar surface area (TPSA) is 30.0 Å². The second-order valence-electron chi connectivity index (χ2n) is 7.39. The molecule has 4 aromatic carbocycles. The van der Waals surface area contributed by atoms with E-state index in [1.165, 1.54) is 0 Å². The Balaban J connectivity index is 1.87. The van der Waals surface area contributed by atoms with Crippen LogP contribution in [-0.2, 0) is 0 Å². The van der Waals surface area contributed by atoms with Crippen LogP contribution in [0.5, 0.6) is 0 Å². The van der Waals surface area contributed by atoms with Gasteiger partial charge in [0.05, 0.1) is 16.8 Å². The van der Waals surface area contributed by atoms with Crippen LogP contribution in [-0.4, -0.2) is 10.8 Å². The number of ketones is 1. The monoisotopic (exact) mass is 425 g/mol. The molecule has 0 amide bonds. The number of fused-ring (bicyclic) bond motifs is 6. The van der Waals surface area contributed by atoms with Gasteiger partial charge >= 0.3 is 0 Å². The first-order valence-corrected chi connectivity index (χ1v) is 10.3. The van der Waals surface area contributed by atoms with Crippen LogP contribution in [0, 0.1) is 0 Å². The lowest BCUT2D eigenvalue weighted by atomic mass is 9.91. The summed E-state index contributed by atoms with van der Waals surface area (Å²) in [6, 6.07) is 25.2. The van der Waals surface area contributed by atoms with Gasteiger partial charge in [-0.25, -0.2) is 4.98 Å². The van der Waals surface area contributed by atoms with Crippen molar-refractivity contribution in [3.63, 3.8) is 0 Å². The number of rotatable bonds is 1. The molecular weight excluding hydrogens is 413 g/mol. The van der Waals surface area contributed by atoms with Crippen molar-refractivity contribution in [2.24, 2.45) is 0 Å². The number of hydrogen-bond acceptors (Lipinski definition) is 2. The van der Waals surface area contributed by atoms with Gasteiger partial charge in [0.25, 0.3) is 0 Å². The fourth-order valence-electron chi connectivity index (χ4n) is 4.44. The minimum absolute atomic E-state index is 0.0241. The number of carbonyl (C=O) groups excluding carboxylic acids is 1. The van der Waals surface area contributed by atoms with E-state index >= 15 is 0 Å².